The third kappa shape index (κ3) is 6.10. The van der Waals surface area contributed by atoms with Crippen LogP contribution in [0.15, 0.2) is 43.0 Å². The van der Waals surface area contributed by atoms with Gasteiger partial charge in [-0.1, -0.05) is 36.4 Å². The maximum atomic E-state index is 12.0. The fraction of sp³-hybridized carbons (Fsp3) is 0.412. The van der Waals surface area contributed by atoms with Crippen molar-refractivity contribution in [3.8, 4) is 0 Å². The third-order valence-corrected chi connectivity index (χ3v) is 3.29. The normalized spacial score (nSPS) is 13.1. The molecule has 0 aliphatic rings. The standard InChI is InChI=1S/C17H23NO4/c1-3-11-22-12-7-10-15(19)18-16(13(2)17(20)21)14-8-5-4-6-9-14/h3-6,8-9,13,16H,1,7,10-12H2,2H3,(H,18,19)(H,20,21). The van der Waals surface area contributed by atoms with Gasteiger partial charge in [-0.15, -0.1) is 6.58 Å². The highest BCUT2D eigenvalue weighted by atomic mass is 16.5. The summed E-state index contributed by atoms with van der Waals surface area (Å²) >= 11 is 0. The smallest absolute Gasteiger partial charge is 0.308 e. The number of rotatable bonds is 10. The van der Waals surface area contributed by atoms with Crippen molar-refractivity contribution in [2.24, 2.45) is 5.92 Å². The molecule has 22 heavy (non-hydrogen) atoms. The van der Waals surface area contributed by atoms with Gasteiger partial charge in [-0.05, 0) is 18.9 Å². The first-order valence-electron chi connectivity index (χ1n) is 7.32. The molecule has 0 saturated carbocycles. The van der Waals surface area contributed by atoms with Crippen LogP contribution in [-0.4, -0.2) is 30.2 Å². The number of amides is 1. The molecule has 0 aliphatic heterocycles. The minimum atomic E-state index is -0.941. The lowest BCUT2D eigenvalue weighted by atomic mass is 9.94. The van der Waals surface area contributed by atoms with E-state index in [0.29, 0.717) is 26.1 Å². The molecule has 1 amide bonds. The summed E-state index contributed by atoms with van der Waals surface area (Å²) < 4.78 is 5.22. The molecule has 1 rings (SSSR count). The van der Waals surface area contributed by atoms with Crippen molar-refractivity contribution in [3.05, 3.63) is 48.6 Å². The third-order valence-electron chi connectivity index (χ3n) is 3.29. The molecule has 0 bridgehead atoms. The Bertz CT molecular complexity index is 487. The van der Waals surface area contributed by atoms with E-state index in [1.54, 1.807) is 13.0 Å². The van der Waals surface area contributed by atoms with Gasteiger partial charge in [0.05, 0.1) is 18.6 Å². The Morgan fingerprint density at radius 1 is 1.36 bits per heavy atom. The number of ether oxygens (including phenoxy) is 1. The van der Waals surface area contributed by atoms with Crippen LogP contribution in [0.1, 0.15) is 31.4 Å². The molecule has 1 aromatic rings. The maximum absolute atomic E-state index is 12.0. The van der Waals surface area contributed by atoms with Crippen molar-refractivity contribution in [2.45, 2.75) is 25.8 Å². The van der Waals surface area contributed by atoms with Gasteiger partial charge in [-0.25, -0.2) is 0 Å². The summed E-state index contributed by atoms with van der Waals surface area (Å²) in [7, 11) is 0. The average Bonchev–Trinajstić information content (AvgIpc) is 2.52. The van der Waals surface area contributed by atoms with Crippen molar-refractivity contribution in [3.63, 3.8) is 0 Å². The van der Waals surface area contributed by atoms with Gasteiger partial charge in [0.15, 0.2) is 0 Å². The van der Waals surface area contributed by atoms with Gasteiger partial charge >= 0.3 is 5.97 Å². The molecule has 2 N–H and O–H groups in total. The van der Waals surface area contributed by atoms with E-state index in [1.807, 2.05) is 30.3 Å². The molecule has 1 aromatic carbocycles. The quantitative estimate of drug-likeness (QED) is 0.514. The highest BCUT2D eigenvalue weighted by Gasteiger charge is 2.26. The first-order chi connectivity index (χ1) is 10.6. The molecule has 0 fully saturated rings. The molecule has 0 radical (unpaired) electrons. The van der Waals surface area contributed by atoms with Crippen molar-refractivity contribution in [1.82, 2.24) is 5.32 Å². The molecular weight excluding hydrogens is 282 g/mol. The fourth-order valence-electron chi connectivity index (χ4n) is 2.05. The van der Waals surface area contributed by atoms with Gasteiger partial charge in [0.1, 0.15) is 0 Å². The minimum Gasteiger partial charge on any atom is -0.481 e. The number of carbonyl (C=O) groups is 2. The van der Waals surface area contributed by atoms with Crippen molar-refractivity contribution < 1.29 is 19.4 Å². The first-order valence-corrected chi connectivity index (χ1v) is 7.32. The lowest BCUT2D eigenvalue weighted by Gasteiger charge is -2.23. The molecule has 0 aromatic heterocycles. The van der Waals surface area contributed by atoms with E-state index >= 15 is 0 Å². The zero-order chi connectivity index (χ0) is 16.4. The second-order valence-corrected chi connectivity index (χ2v) is 5.05. The highest BCUT2D eigenvalue weighted by molar-refractivity contribution is 5.78. The van der Waals surface area contributed by atoms with Gasteiger partial charge in [0, 0.05) is 13.0 Å². The SMILES string of the molecule is C=CCOCCCC(=O)NC(c1ccccc1)C(C)C(=O)O. The van der Waals surface area contributed by atoms with Crippen LogP contribution in [0.2, 0.25) is 0 Å². The predicted molar refractivity (Wildman–Crippen MR) is 84.4 cm³/mol. The Labute approximate surface area is 131 Å². The number of benzene rings is 1. The van der Waals surface area contributed by atoms with Gasteiger partial charge in [0.2, 0.25) is 5.91 Å². The maximum Gasteiger partial charge on any atom is 0.308 e. The highest BCUT2D eigenvalue weighted by Crippen LogP contribution is 2.22. The van der Waals surface area contributed by atoms with Crippen LogP contribution in [0.25, 0.3) is 0 Å². The van der Waals surface area contributed by atoms with Gasteiger partial charge in [-0.3, -0.25) is 9.59 Å². The van der Waals surface area contributed by atoms with E-state index in [9.17, 15) is 14.7 Å². The molecule has 5 heteroatoms. The van der Waals surface area contributed by atoms with Gasteiger partial charge in [-0.2, -0.15) is 0 Å². The van der Waals surface area contributed by atoms with E-state index in [1.165, 1.54) is 0 Å². The van der Waals surface area contributed by atoms with Crippen LogP contribution in [0.3, 0.4) is 0 Å². The summed E-state index contributed by atoms with van der Waals surface area (Å²) in [5.41, 5.74) is 0.786. The van der Waals surface area contributed by atoms with E-state index in [4.69, 9.17) is 4.74 Å². The van der Waals surface area contributed by atoms with Crippen LogP contribution >= 0.6 is 0 Å². The molecule has 2 atom stereocenters. The Balaban J connectivity index is 2.59. The Kier molecular flexibility index (Phi) is 7.92. The topological polar surface area (TPSA) is 75.6 Å². The average molecular weight is 305 g/mol. The van der Waals surface area contributed by atoms with E-state index < -0.39 is 17.9 Å². The van der Waals surface area contributed by atoms with E-state index in [-0.39, 0.29) is 5.91 Å². The predicted octanol–water partition coefficient (Wildman–Crippen LogP) is 2.55. The number of hydrogen-bond donors (Lipinski definition) is 2. The number of carboxylic acid groups (broad SMARTS) is 1. The summed E-state index contributed by atoms with van der Waals surface area (Å²) in [5.74, 6) is -1.82. The van der Waals surface area contributed by atoms with Gasteiger partial charge < -0.3 is 15.2 Å². The summed E-state index contributed by atoms with van der Waals surface area (Å²) in [5, 5.41) is 12.0. The molecule has 0 heterocycles. The summed E-state index contributed by atoms with van der Waals surface area (Å²) in [6.45, 7) is 6.07. The molecule has 5 nitrogen and oxygen atoms in total. The Hall–Kier alpha value is -2.14. The molecule has 0 saturated heterocycles. The van der Waals surface area contributed by atoms with Crippen molar-refractivity contribution in [2.75, 3.05) is 13.2 Å². The number of aliphatic carboxylic acids is 1. The lowest BCUT2D eigenvalue weighted by Crippen LogP contribution is -2.35. The molecule has 0 aliphatic carbocycles. The van der Waals surface area contributed by atoms with Crippen LogP contribution in [0.4, 0.5) is 0 Å². The Morgan fingerprint density at radius 2 is 2.05 bits per heavy atom. The second-order valence-electron chi connectivity index (χ2n) is 5.05. The van der Waals surface area contributed by atoms with Crippen LogP contribution < -0.4 is 5.32 Å². The number of hydrogen-bond acceptors (Lipinski definition) is 3. The van der Waals surface area contributed by atoms with Crippen LogP contribution in [0.5, 0.6) is 0 Å². The zero-order valence-electron chi connectivity index (χ0n) is 12.8. The van der Waals surface area contributed by atoms with Crippen LogP contribution in [-0.2, 0) is 14.3 Å². The Morgan fingerprint density at radius 3 is 2.64 bits per heavy atom. The zero-order valence-corrected chi connectivity index (χ0v) is 12.8. The summed E-state index contributed by atoms with van der Waals surface area (Å²) in [6, 6.07) is 8.60. The van der Waals surface area contributed by atoms with Gasteiger partial charge in [0.25, 0.3) is 0 Å². The first kappa shape index (κ1) is 17.9. The lowest BCUT2D eigenvalue weighted by molar-refractivity contribution is -0.142. The van der Waals surface area contributed by atoms with E-state index in [2.05, 4.69) is 11.9 Å². The monoisotopic (exact) mass is 305 g/mol. The number of carbonyl (C=O) groups excluding carboxylic acids is 1. The summed E-state index contributed by atoms with van der Waals surface area (Å²) in [6.07, 6.45) is 2.54. The molecule has 0 spiro atoms. The largest absolute Gasteiger partial charge is 0.481 e. The summed E-state index contributed by atoms with van der Waals surface area (Å²) in [4.78, 5) is 23.3. The van der Waals surface area contributed by atoms with Crippen LogP contribution in [0, 0.1) is 5.92 Å². The molecule has 2 unspecified atom stereocenters. The fourth-order valence-corrected chi connectivity index (χ4v) is 2.05. The number of carboxylic acids is 1. The minimum absolute atomic E-state index is 0.177. The number of nitrogens with one attached hydrogen (secondary N) is 1. The molecular formula is C17H23NO4. The second kappa shape index (κ2) is 9.73. The molecule has 120 valence electrons. The van der Waals surface area contributed by atoms with Crippen molar-refractivity contribution in [1.29, 1.82) is 0 Å². The van der Waals surface area contributed by atoms with E-state index in [0.717, 1.165) is 5.56 Å². The van der Waals surface area contributed by atoms with Crippen molar-refractivity contribution >= 4 is 11.9 Å².